The van der Waals surface area contributed by atoms with Gasteiger partial charge in [0, 0.05) is 55.1 Å². The van der Waals surface area contributed by atoms with Crippen molar-refractivity contribution in [3.63, 3.8) is 0 Å². The number of nitriles is 1. The van der Waals surface area contributed by atoms with Crippen molar-refractivity contribution in [3.05, 3.63) is 186 Å². The molecule has 0 aliphatic carbocycles. The predicted octanol–water partition coefficient (Wildman–Crippen LogP) is 15.9. The van der Waals surface area contributed by atoms with Crippen LogP contribution in [0.15, 0.2) is 146 Å². The van der Waals surface area contributed by atoms with Gasteiger partial charge in [0.05, 0.1) is 39.5 Å². The molecule has 0 saturated carbocycles. The minimum atomic E-state index is 0. The van der Waals surface area contributed by atoms with E-state index in [0.717, 1.165) is 49.2 Å². The first-order valence-corrected chi connectivity index (χ1v) is 23.9. The zero-order chi connectivity index (χ0) is 46.0. The van der Waals surface area contributed by atoms with Crippen LogP contribution in [0, 0.1) is 23.7 Å². The number of hydrogen-bond donors (Lipinski definition) is 0. The summed E-state index contributed by atoms with van der Waals surface area (Å²) in [5.41, 5.74) is 17.7. The molecule has 0 aliphatic rings. The third kappa shape index (κ3) is 6.14. The molecule has 0 bridgehead atoms. The molecule has 5 aromatic heterocycles. The molecule has 0 N–H and O–H groups in total. The molecular formula is C62H52AuN5-. The van der Waals surface area contributed by atoms with Crippen LogP contribution in [0.1, 0.15) is 107 Å². The molecule has 5 nitrogen and oxygen atoms in total. The van der Waals surface area contributed by atoms with Crippen LogP contribution >= 0.6 is 0 Å². The van der Waals surface area contributed by atoms with Gasteiger partial charge in [0.1, 0.15) is 0 Å². The molecule has 68 heavy (non-hydrogen) atoms. The van der Waals surface area contributed by atoms with Gasteiger partial charge in [-0.2, -0.15) is 5.26 Å². The minimum Gasteiger partial charge on any atom is -0.357 e. The van der Waals surface area contributed by atoms with Crippen molar-refractivity contribution in [2.75, 3.05) is 0 Å². The van der Waals surface area contributed by atoms with E-state index in [2.05, 4.69) is 237 Å². The van der Waals surface area contributed by atoms with Crippen molar-refractivity contribution in [2.24, 2.45) is 0 Å². The van der Waals surface area contributed by atoms with E-state index < -0.39 is 0 Å². The summed E-state index contributed by atoms with van der Waals surface area (Å²) in [5, 5.41) is 19.8. The second kappa shape index (κ2) is 16.4. The molecule has 337 valence electrons. The topological polar surface area (TPSA) is 41.4 Å². The summed E-state index contributed by atoms with van der Waals surface area (Å²) in [5.74, 6) is 1.71. The number of rotatable bonds is 6. The van der Waals surface area contributed by atoms with E-state index in [4.69, 9.17) is 0 Å². The van der Waals surface area contributed by atoms with E-state index in [0.29, 0.717) is 23.7 Å². The molecule has 0 amide bonds. The Morgan fingerprint density at radius 1 is 0.471 bits per heavy atom. The largest absolute Gasteiger partial charge is 0.357 e. The van der Waals surface area contributed by atoms with Crippen molar-refractivity contribution >= 4 is 87.2 Å². The van der Waals surface area contributed by atoms with Gasteiger partial charge >= 0.3 is 0 Å². The molecule has 5 heterocycles. The Balaban J connectivity index is 0.000000147. The first kappa shape index (κ1) is 43.6. The van der Waals surface area contributed by atoms with Crippen molar-refractivity contribution < 1.29 is 26.9 Å². The monoisotopic (exact) mass is 1060 g/mol. The van der Waals surface area contributed by atoms with Gasteiger partial charge in [0.15, 0.2) is 0 Å². The number of imidazole rings is 1. The zero-order valence-corrected chi connectivity index (χ0v) is 41.9. The summed E-state index contributed by atoms with van der Waals surface area (Å²) >= 11 is 0. The fourth-order valence-electron chi connectivity index (χ4n) is 11.4. The molecule has 0 fully saturated rings. The number of aromatic nitrogens is 4. The van der Waals surface area contributed by atoms with Gasteiger partial charge in [-0.15, -0.1) is 11.5 Å². The fourth-order valence-corrected chi connectivity index (χ4v) is 11.4. The number of hydrogen-bond acceptors (Lipinski definition) is 1. The average Bonchev–Trinajstić information content (AvgIpc) is 4.15. The van der Waals surface area contributed by atoms with E-state index in [1.807, 2.05) is 0 Å². The number of fused-ring (bicyclic) bond motifs is 13. The van der Waals surface area contributed by atoms with Gasteiger partial charge in [-0.3, -0.25) is 9.13 Å². The van der Waals surface area contributed by atoms with Gasteiger partial charge in [-0.25, -0.2) is 0 Å². The van der Waals surface area contributed by atoms with Crippen molar-refractivity contribution in [2.45, 2.75) is 79.1 Å². The maximum Gasteiger partial charge on any atom is 0.269 e. The molecule has 0 unspecified atom stereocenters. The normalized spacial score (nSPS) is 12.2. The Morgan fingerprint density at radius 3 is 1.50 bits per heavy atom. The van der Waals surface area contributed by atoms with Crippen molar-refractivity contribution in [1.82, 2.24) is 13.4 Å². The van der Waals surface area contributed by atoms with Gasteiger partial charge < -0.3 is 8.80 Å². The first-order valence-electron chi connectivity index (χ1n) is 23.9. The van der Waals surface area contributed by atoms with Crippen LogP contribution in [0.25, 0.3) is 98.6 Å². The van der Waals surface area contributed by atoms with Gasteiger partial charge in [0.25, 0.3) is 6.33 Å². The second-order valence-electron chi connectivity index (χ2n) is 19.6. The summed E-state index contributed by atoms with van der Waals surface area (Å²) < 4.78 is 9.24. The molecule has 0 saturated heterocycles. The third-order valence-corrected chi connectivity index (χ3v) is 14.4. The summed E-state index contributed by atoms with van der Waals surface area (Å²) in [6.07, 6.45) is 3.84. The Morgan fingerprint density at radius 2 is 0.926 bits per heavy atom. The van der Waals surface area contributed by atoms with Gasteiger partial charge in [0.2, 0.25) is 0 Å². The number of para-hydroxylation sites is 8. The van der Waals surface area contributed by atoms with Gasteiger partial charge in [-0.1, -0.05) is 200 Å². The maximum absolute atomic E-state index is 10.6. The van der Waals surface area contributed by atoms with Crippen molar-refractivity contribution in [3.8, 4) is 17.4 Å². The molecule has 1 radical (unpaired) electrons. The third-order valence-electron chi connectivity index (χ3n) is 14.4. The van der Waals surface area contributed by atoms with Crippen LogP contribution in [0.3, 0.4) is 0 Å². The quantitative estimate of drug-likeness (QED) is 0.0929. The van der Waals surface area contributed by atoms with E-state index in [9.17, 15) is 5.26 Å². The average molecular weight is 1060 g/mol. The van der Waals surface area contributed by atoms with Crippen molar-refractivity contribution in [1.29, 1.82) is 5.26 Å². The van der Waals surface area contributed by atoms with Crippen LogP contribution in [-0.2, 0) is 22.4 Å². The fraction of sp³-hybridized carbons (Fsp3) is 0.194. The maximum atomic E-state index is 10.6. The molecule has 6 heteroatoms. The second-order valence-corrected chi connectivity index (χ2v) is 19.6. The smallest absolute Gasteiger partial charge is 0.269 e. The van der Waals surface area contributed by atoms with Crippen LogP contribution in [0.2, 0.25) is 0 Å². The Kier molecular flexibility index (Phi) is 10.5. The molecule has 8 aromatic carbocycles. The Hall–Kier alpha value is -6.94. The standard InChI is InChI=1S/C31H14N3.C31H38N2.Au/c32-16-24-28-22-12-6-10-20-17-7-1-3-13-25(17)33(30(20)22)27(28)15-23-21-11-5-9-19-18-8-2-4-14-26(18)34(29(19)21)31(23)24;1-20(2)24-13-11-14-25(21(3)4)30(24)32-19-33(29-18-10-9-17-28(29)32)31-26(22(5)6)15-12-16-27(31)23(7)8;/h1-14H;9-18,20-23H,1-8H3;/q-1;;. The van der Waals surface area contributed by atoms with Crippen LogP contribution in [0.5, 0.6) is 0 Å². The summed E-state index contributed by atoms with van der Waals surface area (Å²) in [7, 11) is 0. The molecule has 13 rings (SSSR count). The molecule has 0 aliphatic heterocycles. The summed E-state index contributed by atoms with van der Waals surface area (Å²) in [6, 6.07) is 58.6. The molecular weight excluding hydrogens is 1010 g/mol. The molecule has 0 spiro atoms. The Labute approximate surface area is 412 Å². The predicted molar refractivity (Wildman–Crippen MR) is 279 cm³/mol. The van der Waals surface area contributed by atoms with Gasteiger partial charge in [-0.05, 0) is 79.9 Å². The molecule has 13 aromatic rings. The van der Waals surface area contributed by atoms with Crippen LogP contribution in [0.4, 0.5) is 0 Å². The number of benzene rings is 8. The number of nitrogens with zero attached hydrogens (tertiary/aromatic N) is 5. The van der Waals surface area contributed by atoms with Crippen LogP contribution < -0.4 is 4.57 Å². The minimum absolute atomic E-state index is 0. The SMILES string of the molecule is CC(C)c1cccc(C(C)C)c1-n1[c-][n+](-c2c(C(C)C)cccc2C(C)C)c2ccccc21.N#Cc1c2c3cccc4c5ccccc5n(c2[c-]c2c5cccc6c7ccccc7n(c12)c56)c43.[Au]. The summed E-state index contributed by atoms with van der Waals surface area (Å²) in [4.78, 5) is 0. The Bertz CT molecular complexity index is 3980. The van der Waals surface area contributed by atoms with E-state index in [1.165, 1.54) is 77.2 Å². The first-order chi connectivity index (χ1) is 32.6. The molecule has 0 atom stereocenters. The summed E-state index contributed by atoms with van der Waals surface area (Å²) in [6.45, 7) is 18.3. The van der Waals surface area contributed by atoms with Crippen LogP contribution in [-0.4, -0.2) is 13.4 Å². The van der Waals surface area contributed by atoms with E-state index >= 15 is 0 Å². The zero-order valence-electron chi connectivity index (χ0n) is 39.7. The van der Waals surface area contributed by atoms with E-state index in [-0.39, 0.29) is 22.4 Å². The van der Waals surface area contributed by atoms with E-state index in [1.54, 1.807) is 0 Å².